The van der Waals surface area contributed by atoms with E-state index in [4.69, 9.17) is 9.26 Å². The van der Waals surface area contributed by atoms with Crippen LogP contribution in [0.3, 0.4) is 0 Å². The van der Waals surface area contributed by atoms with Crippen LogP contribution in [-0.2, 0) is 22.5 Å². The Kier molecular flexibility index (Phi) is 4.51. The Hall–Kier alpha value is -2.05. The highest BCUT2D eigenvalue weighted by Crippen LogP contribution is 2.59. The first-order valence-electron chi connectivity index (χ1n) is 8.55. The number of carbonyl (C=O) groups excluding carboxylic acids is 2. The Morgan fingerprint density at radius 2 is 2.12 bits per heavy atom. The summed E-state index contributed by atoms with van der Waals surface area (Å²) in [6, 6.07) is -0.0669. The average Bonchev–Trinajstić information content (AvgIpc) is 3.17. The molecule has 1 aromatic rings. The molecular formula is C17H25N3O4. The molecule has 7 nitrogen and oxygen atoms in total. The van der Waals surface area contributed by atoms with Crippen LogP contribution >= 0.6 is 0 Å². The Bertz CT molecular complexity index is 632. The number of nitrogens with zero attached hydrogens (tertiary/aromatic N) is 2. The molecule has 1 aliphatic heterocycles. The smallest absolute Gasteiger partial charge is 0.317 e. The molecule has 1 saturated carbocycles. The number of aryl methyl sites for hydroxylation is 2. The van der Waals surface area contributed by atoms with Crippen LogP contribution in [0.25, 0.3) is 0 Å². The van der Waals surface area contributed by atoms with Gasteiger partial charge in [0, 0.05) is 25.2 Å². The number of esters is 1. The van der Waals surface area contributed by atoms with E-state index in [0.717, 1.165) is 42.7 Å². The van der Waals surface area contributed by atoms with Crippen molar-refractivity contribution in [2.24, 2.45) is 11.3 Å². The summed E-state index contributed by atoms with van der Waals surface area (Å²) in [5, 5.41) is 6.96. The van der Waals surface area contributed by atoms with Gasteiger partial charge in [0.15, 0.2) is 0 Å². The first-order chi connectivity index (χ1) is 11.5. The highest BCUT2D eigenvalue weighted by molar-refractivity contribution is 5.77. The number of hydrogen-bond acceptors (Lipinski definition) is 5. The average molecular weight is 335 g/mol. The first-order valence-corrected chi connectivity index (χ1v) is 8.55. The van der Waals surface area contributed by atoms with Crippen LogP contribution in [0.1, 0.15) is 43.2 Å². The molecule has 1 aromatic heterocycles. The van der Waals surface area contributed by atoms with E-state index in [0.29, 0.717) is 19.6 Å². The summed E-state index contributed by atoms with van der Waals surface area (Å²) < 4.78 is 10.0. The molecule has 7 heteroatoms. The number of amides is 2. The zero-order chi connectivity index (χ0) is 17.3. The molecule has 0 bridgehead atoms. The van der Waals surface area contributed by atoms with Gasteiger partial charge in [-0.15, -0.1) is 0 Å². The fourth-order valence-electron chi connectivity index (χ4n) is 3.75. The summed E-state index contributed by atoms with van der Waals surface area (Å²) in [4.78, 5) is 25.9. The molecule has 0 aromatic carbocycles. The molecule has 2 heterocycles. The highest BCUT2D eigenvalue weighted by Gasteiger charge is 2.59. The number of ether oxygens (including phenoxy) is 1. The third-order valence-corrected chi connectivity index (χ3v) is 5.54. The van der Waals surface area contributed by atoms with Crippen molar-refractivity contribution < 1.29 is 18.8 Å². The van der Waals surface area contributed by atoms with Gasteiger partial charge < -0.3 is 19.5 Å². The maximum Gasteiger partial charge on any atom is 0.317 e. The first kappa shape index (κ1) is 16.8. The molecule has 24 heavy (non-hydrogen) atoms. The molecule has 3 rings (SSSR count). The number of rotatable bonds is 4. The zero-order valence-electron chi connectivity index (χ0n) is 14.6. The quantitative estimate of drug-likeness (QED) is 0.851. The minimum atomic E-state index is -0.108. The predicted molar refractivity (Wildman–Crippen MR) is 86.2 cm³/mol. The largest absolute Gasteiger partial charge is 0.469 e. The lowest BCUT2D eigenvalue weighted by Crippen LogP contribution is -2.45. The summed E-state index contributed by atoms with van der Waals surface area (Å²) in [7, 11) is 1.44. The highest BCUT2D eigenvalue weighted by atomic mass is 16.5. The van der Waals surface area contributed by atoms with Crippen molar-refractivity contribution in [3.8, 4) is 0 Å². The van der Waals surface area contributed by atoms with E-state index in [2.05, 4.69) is 10.5 Å². The number of methoxy groups -OCH3 is 1. The van der Waals surface area contributed by atoms with E-state index in [1.165, 1.54) is 7.11 Å². The molecule has 1 aliphatic carbocycles. The molecule has 132 valence electrons. The van der Waals surface area contributed by atoms with E-state index in [1.807, 2.05) is 18.7 Å². The van der Waals surface area contributed by atoms with Gasteiger partial charge in [-0.25, -0.2) is 4.79 Å². The Labute approximate surface area is 141 Å². The Morgan fingerprint density at radius 3 is 2.75 bits per heavy atom. The minimum absolute atomic E-state index is 0.0273. The number of piperidine rings is 1. The topological polar surface area (TPSA) is 84.7 Å². The molecule has 2 amide bonds. The van der Waals surface area contributed by atoms with Crippen LogP contribution < -0.4 is 5.32 Å². The number of aromatic nitrogens is 1. The van der Waals surface area contributed by atoms with Crippen molar-refractivity contribution in [1.29, 1.82) is 0 Å². The molecule has 1 spiro atoms. The number of hydrogen-bond donors (Lipinski definition) is 1. The molecule has 2 aliphatic rings. The van der Waals surface area contributed by atoms with Gasteiger partial charge in [-0.2, -0.15) is 0 Å². The van der Waals surface area contributed by atoms with Crippen LogP contribution in [0.5, 0.6) is 0 Å². The van der Waals surface area contributed by atoms with E-state index in [9.17, 15) is 9.59 Å². The summed E-state index contributed by atoms with van der Waals surface area (Å²) >= 11 is 0. The van der Waals surface area contributed by atoms with Gasteiger partial charge in [-0.1, -0.05) is 12.1 Å². The number of nitrogens with one attached hydrogen (secondary N) is 1. The number of urea groups is 1. The van der Waals surface area contributed by atoms with Crippen molar-refractivity contribution in [2.45, 2.75) is 46.1 Å². The second-order valence-electron chi connectivity index (χ2n) is 6.81. The standard InChI is InChI=1S/C17H25N3O4/c1-4-14-12(11(2)24-19-14)10-18-16(22)20-7-5-17(6-8-20)9-13(17)15(21)23-3/h13H,4-10H2,1-3H3,(H,18,22). The molecule has 1 atom stereocenters. The van der Waals surface area contributed by atoms with Crippen LogP contribution in [0, 0.1) is 18.3 Å². The van der Waals surface area contributed by atoms with Crippen LogP contribution in [0.4, 0.5) is 4.79 Å². The maximum absolute atomic E-state index is 12.4. The third kappa shape index (κ3) is 2.99. The summed E-state index contributed by atoms with van der Waals surface area (Å²) in [6.45, 7) is 5.67. The summed E-state index contributed by atoms with van der Waals surface area (Å²) in [6.07, 6.45) is 3.41. The summed E-state index contributed by atoms with van der Waals surface area (Å²) in [5.41, 5.74) is 1.93. The lowest BCUT2D eigenvalue weighted by Gasteiger charge is -2.32. The zero-order valence-corrected chi connectivity index (χ0v) is 14.6. The van der Waals surface area contributed by atoms with Crippen LogP contribution in [0.2, 0.25) is 0 Å². The SMILES string of the molecule is CCc1noc(C)c1CNC(=O)N1CCC2(CC1)CC2C(=O)OC. The molecule has 1 unspecified atom stereocenters. The van der Waals surface area contributed by atoms with Gasteiger partial charge >= 0.3 is 12.0 Å². The van der Waals surface area contributed by atoms with Gasteiger partial charge in [0.2, 0.25) is 0 Å². The summed E-state index contributed by atoms with van der Waals surface area (Å²) in [5.74, 6) is 0.672. The maximum atomic E-state index is 12.4. The lowest BCUT2D eigenvalue weighted by molar-refractivity contribution is -0.143. The minimum Gasteiger partial charge on any atom is -0.469 e. The van der Waals surface area contributed by atoms with E-state index < -0.39 is 0 Å². The van der Waals surface area contributed by atoms with Crippen molar-refractivity contribution in [1.82, 2.24) is 15.4 Å². The monoisotopic (exact) mass is 335 g/mol. The van der Waals surface area contributed by atoms with E-state index >= 15 is 0 Å². The van der Waals surface area contributed by atoms with Gasteiger partial charge in [-0.3, -0.25) is 4.79 Å². The van der Waals surface area contributed by atoms with Crippen molar-refractivity contribution in [3.05, 3.63) is 17.0 Å². The molecule has 1 N–H and O–H groups in total. The second kappa shape index (κ2) is 6.45. The van der Waals surface area contributed by atoms with Crippen molar-refractivity contribution >= 4 is 12.0 Å². The molecular weight excluding hydrogens is 310 g/mol. The Balaban J connectivity index is 1.49. The normalized spacial score (nSPS) is 21.6. The predicted octanol–water partition coefficient (Wildman–Crippen LogP) is 2.03. The Morgan fingerprint density at radius 1 is 1.42 bits per heavy atom. The van der Waals surface area contributed by atoms with Gasteiger partial charge in [0.05, 0.1) is 18.7 Å². The number of carbonyl (C=O) groups is 2. The molecule has 2 fully saturated rings. The van der Waals surface area contributed by atoms with Gasteiger partial charge in [-0.05, 0) is 38.0 Å². The van der Waals surface area contributed by atoms with Crippen molar-refractivity contribution in [2.75, 3.05) is 20.2 Å². The van der Waals surface area contributed by atoms with Gasteiger partial charge in [0.25, 0.3) is 0 Å². The fourth-order valence-corrected chi connectivity index (χ4v) is 3.75. The molecule has 1 saturated heterocycles. The lowest BCUT2D eigenvalue weighted by atomic mass is 9.91. The van der Waals surface area contributed by atoms with Crippen LogP contribution in [0.15, 0.2) is 4.52 Å². The van der Waals surface area contributed by atoms with E-state index in [-0.39, 0.29) is 23.3 Å². The third-order valence-electron chi connectivity index (χ3n) is 5.54. The number of likely N-dealkylation sites (tertiary alicyclic amines) is 1. The van der Waals surface area contributed by atoms with Gasteiger partial charge in [0.1, 0.15) is 5.76 Å². The van der Waals surface area contributed by atoms with E-state index in [1.54, 1.807) is 0 Å². The molecule has 0 radical (unpaired) electrons. The second-order valence-corrected chi connectivity index (χ2v) is 6.81. The fraction of sp³-hybridized carbons (Fsp3) is 0.706. The van der Waals surface area contributed by atoms with Crippen LogP contribution in [-0.4, -0.2) is 42.3 Å². The van der Waals surface area contributed by atoms with Crippen molar-refractivity contribution in [3.63, 3.8) is 0 Å².